The van der Waals surface area contributed by atoms with Crippen molar-refractivity contribution in [1.82, 2.24) is 5.32 Å². The quantitative estimate of drug-likeness (QED) is 0.775. The first-order valence-corrected chi connectivity index (χ1v) is 7.27. The van der Waals surface area contributed by atoms with E-state index in [9.17, 15) is 0 Å². The van der Waals surface area contributed by atoms with Crippen molar-refractivity contribution < 1.29 is 4.74 Å². The van der Waals surface area contributed by atoms with E-state index in [1.54, 1.807) is 0 Å². The molecule has 1 atom stereocenters. The Morgan fingerprint density at radius 2 is 1.81 bits per heavy atom. The summed E-state index contributed by atoms with van der Waals surface area (Å²) in [5, 5.41) is 3.67. The van der Waals surface area contributed by atoms with Crippen LogP contribution in [0.4, 0.5) is 0 Å². The van der Waals surface area contributed by atoms with Crippen molar-refractivity contribution in [2.24, 2.45) is 0 Å². The van der Waals surface area contributed by atoms with E-state index >= 15 is 0 Å². The average Bonchev–Trinajstić information content (AvgIpc) is 2.25. The van der Waals surface area contributed by atoms with Crippen LogP contribution in [0.1, 0.15) is 71.1 Å². The first-order chi connectivity index (χ1) is 7.85. The third-order valence-electron chi connectivity index (χ3n) is 4.08. The van der Waals surface area contributed by atoms with Gasteiger partial charge in [-0.15, -0.1) is 0 Å². The SMILES string of the molecule is CCCC1CCNC2(CCCCCCC2)O1. The van der Waals surface area contributed by atoms with Crippen molar-refractivity contribution in [2.45, 2.75) is 83.0 Å². The lowest BCUT2D eigenvalue weighted by Crippen LogP contribution is -2.55. The minimum Gasteiger partial charge on any atom is -0.357 e. The smallest absolute Gasteiger partial charge is 0.119 e. The second-order valence-corrected chi connectivity index (χ2v) is 5.51. The van der Waals surface area contributed by atoms with Gasteiger partial charge in [-0.2, -0.15) is 0 Å². The van der Waals surface area contributed by atoms with E-state index < -0.39 is 0 Å². The molecule has 0 bridgehead atoms. The molecule has 2 fully saturated rings. The molecule has 1 unspecified atom stereocenters. The highest BCUT2D eigenvalue weighted by molar-refractivity contribution is 4.85. The summed E-state index contributed by atoms with van der Waals surface area (Å²) in [6.45, 7) is 3.42. The molecule has 94 valence electrons. The summed E-state index contributed by atoms with van der Waals surface area (Å²) in [6.07, 6.45) is 13.6. The van der Waals surface area contributed by atoms with Gasteiger partial charge in [0.15, 0.2) is 0 Å². The van der Waals surface area contributed by atoms with Crippen LogP contribution in [-0.4, -0.2) is 18.4 Å². The van der Waals surface area contributed by atoms with Crippen molar-refractivity contribution in [3.8, 4) is 0 Å². The first kappa shape index (κ1) is 12.4. The average molecular weight is 225 g/mol. The van der Waals surface area contributed by atoms with Gasteiger partial charge in [-0.1, -0.05) is 32.6 Å². The third kappa shape index (κ3) is 3.21. The van der Waals surface area contributed by atoms with Gasteiger partial charge in [-0.05, 0) is 38.5 Å². The van der Waals surface area contributed by atoms with Gasteiger partial charge in [-0.25, -0.2) is 0 Å². The second-order valence-electron chi connectivity index (χ2n) is 5.51. The van der Waals surface area contributed by atoms with Gasteiger partial charge in [0, 0.05) is 6.54 Å². The Balaban J connectivity index is 1.92. The van der Waals surface area contributed by atoms with Crippen LogP contribution in [0.3, 0.4) is 0 Å². The summed E-state index contributed by atoms with van der Waals surface area (Å²) in [7, 11) is 0. The van der Waals surface area contributed by atoms with E-state index in [1.165, 1.54) is 64.2 Å². The van der Waals surface area contributed by atoms with Crippen LogP contribution in [0.25, 0.3) is 0 Å². The number of hydrogen-bond donors (Lipinski definition) is 1. The van der Waals surface area contributed by atoms with Crippen LogP contribution in [0.2, 0.25) is 0 Å². The van der Waals surface area contributed by atoms with E-state index in [0.717, 1.165) is 6.54 Å². The Kier molecular flexibility index (Phi) is 4.66. The van der Waals surface area contributed by atoms with Gasteiger partial charge >= 0.3 is 0 Å². The molecule has 0 radical (unpaired) electrons. The molecule has 16 heavy (non-hydrogen) atoms. The predicted molar refractivity (Wildman–Crippen MR) is 67.5 cm³/mol. The molecule has 1 aliphatic heterocycles. The molecule has 0 aromatic carbocycles. The van der Waals surface area contributed by atoms with Crippen LogP contribution in [0.5, 0.6) is 0 Å². The Hall–Kier alpha value is -0.0800. The highest BCUT2D eigenvalue weighted by Gasteiger charge is 2.36. The minimum absolute atomic E-state index is 0.0541. The zero-order valence-electron chi connectivity index (χ0n) is 10.8. The molecule has 1 N–H and O–H groups in total. The molecule has 1 saturated heterocycles. The minimum atomic E-state index is 0.0541. The molecule has 2 nitrogen and oxygen atoms in total. The molecule has 1 aliphatic carbocycles. The molecule has 1 saturated carbocycles. The maximum Gasteiger partial charge on any atom is 0.119 e. The van der Waals surface area contributed by atoms with E-state index in [2.05, 4.69) is 12.2 Å². The molecule has 0 aromatic rings. The normalized spacial score (nSPS) is 30.9. The van der Waals surface area contributed by atoms with Crippen LogP contribution >= 0.6 is 0 Å². The topological polar surface area (TPSA) is 21.3 Å². The lowest BCUT2D eigenvalue weighted by Gasteiger charge is -2.43. The van der Waals surface area contributed by atoms with Gasteiger partial charge in [0.05, 0.1) is 6.10 Å². The van der Waals surface area contributed by atoms with Gasteiger partial charge < -0.3 is 4.74 Å². The molecule has 2 heteroatoms. The summed E-state index contributed by atoms with van der Waals surface area (Å²) in [6, 6.07) is 0. The Labute approximate surface area is 100 Å². The van der Waals surface area contributed by atoms with Crippen LogP contribution in [0, 0.1) is 0 Å². The van der Waals surface area contributed by atoms with Crippen molar-refractivity contribution >= 4 is 0 Å². The van der Waals surface area contributed by atoms with Crippen molar-refractivity contribution in [3.63, 3.8) is 0 Å². The maximum atomic E-state index is 6.38. The molecule has 0 aromatic heterocycles. The number of hydrogen-bond acceptors (Lipinski definition) is 2. The largest absolute Gasteiger partial charge is 0.357 e. The predicted octanol–water partition coefficient (Wildman–Crippen LogP) is 3.61. The number of nitrogens with one attached hydrogen (secondary N) is 1. The molecule has 1 spiro atoms. The highest BCUT2D eigenvalue weighted by Crippen LogP contribution is 2.32. The lowest BCUT2D eigenvalue weighted by molar-refractivity contribution is -0.156. The van der Waals surface area contributed by atoms with E-state index in [-0.39, 0.29) is 5.72 Å². The summed E-state index contributed by atoms with van der Waals surface area (Å²) >= 11 is 0. The Bertz CT molecular complexity index is 195. The molecule has 1 heterocycles. The standard InChI is InChI=1S/C14H27NO/c1-2-8-13-9-12-15-14(16-13)10-6-4-3-5-7-11-14/h13,15H,2-12H2,1H3. The van der Waals surface area contributed by atoms with Gasteiger partial charge in [0.25, 0.3) is 0 Å². The first-order valence-electron chi connectivity index (χ1n) is 7.27. The zero-order valence-corrected chi connectivity index (χ0v) is 10.8. The van der Waals surface area contributed by atoms with Gasteiger partial charge in [0.1, 0.15) is 5.72 Å². The summed E-state index contributed by atoms with van der Waals surface area (Å²) in [4.78, 5) is 0. The van der Waals surface area contributed by atoms with Crippen LogP contribution in [-0.2, 0) is 4.74 Å². The fraction of sp³-hybridized carbons (Fsp3) is 1.00. The van der Waals surface area contributed by atoms with E-state index in [4.69, 9.17) is 4.74 Å². The number of ether oxygens (including phenoxy) is 1. The van der Waals surface area contributed by atoms with E-state index in [0.29, 0.717) is 6.10 Å². The summed E-state index contributed by atoms with van der Waals surface area (Å²) < 4.78 is 6.38. The van der Waals surface area contributed by atoms with Crippen molar-refractivity contribution in [1.29, 1.82) is 0 Å². The lowest BCUT2D eigenvalue weighted by atomic mass is 9.91. The molecule has 2 rings (SSSR count). The molecule has 0 amide bonds. The number of rotatable bonds is 2. The summed E-state index contributed by atoms with van der Waals surface area (Å²) in [5.74, 6) is 0. The Morgan fingerprint density at radius 1 is 1.12 bits per heavy atom. The zero-order chi connectivity index (χ0) is 11.3. The summed E-state index contributed by atoms with van der Waals surface area (Å²) in [5.41, 5.74) is 0.0541. The monoisotopic (exact) mass is 225 g/mol. The Morgan fingerprint density at radius 3 is 2.50 bits per heavy atom. The maximum absolute atomic E-state index is 6.38. The fourth-order valence-corrected chi connectivity index (χ4v) is 3.18. The highest BCUT2D eigenvalue weighted by atomic mass is 16.5. The molecular weight excluding hydrogens is 198 g/mol. The van der Waals surface area contributed by atoms with Crippen molar-refractivity contribution in [2.75, 3.05) is 6.54 Å². The van der Waals surface area contributed by atoms with Crippen molar-refractivity contribution in [3.05, 3.63) is 0 Å². The molecule has 2 aliphatic rings. The third-order valence-corrected chi connectivity index (χ3v) is 4.08. The fourth-order valence-electron chi connectivity index (χ4n) is 3.18. The van der Waals surface area contributed by atoms with Crippen LogP contribution in [0.15, 0.2) is 0 Å². The van der Waals surface area contributed by atoms with Gasteiger partial charge in [-0.3, -0.25) is 5.32 Å². The second kappa shape index (κ2) is 6.02. The molecular formula is C14H27NO. The van der Waals surface area contributed by atoms with Crippen LogP contribution < -0.4 is 5.32 Å². The van der Waals surface area contributed by atoms with E-state index in [1.807, 2.05) is 0 Å². The van der Waals surface area contributed by atoms with Gasteiger partial charge in [0.2, 0.25) is 0 Å².